The molecule has 1 aliphatic rings. The largest absolute Gasteiger partial charge is 0.324 e. The van der Waals surface area contributed by atoms with Crippen LogP contribution in [-0.4, -0.2) is 43.7 Å². The zero-order chi connectivity index (χ0) is 10.6. The molecule has 0 amide bonds. The van der Waals surface area contributed by atoms with Gasteiger partial charge < -0.3 is 16.0 Å². The van der Waals surface area contributed by atoms with Crippen molar-refractivity contribution in [3.63, 3.8) is 0 Å². The molecule has 1 heterocycles. The predicted octanol–water partition coefficient (Wildman–Crippen LogP) is 0.655. The quantitative estimate of drug-likeness (QED) is 0.639. The van der Waals surface area contributed by atoms with Crippen LogP contribution in [0, 0.1) is 5.92 Å². The van der Waals surface area contributed by atoms with Gasteiger partial charge in [0.05, 0.1) is 0 Å². The first-order valence-electron chi connectivity index (χ1n) is 5.65. The first kappa shape index (κ1) is 12.0. The Labute approximate surface area is 88.0 Å². The monoisotopic (exact) mass is 199 g/mol. The first-order chi connectivity index (χ1) is 6.47. The number of likely N-dealkylation sites (tertiary alicyclic amines) is 1. The van der Waals surface area contributed by atoms with Crippen LogP contribution in [0.2, 0.25) is 0 Å². The topological polar surface area (TPSA) is 41.3 Å². The maximum absolute atomic E-state index is 5.88. The first-order valence-corrected chi connectivity index (χ1v) is 5.65. The summed E-state index contributed by atoms with van der Waals surface area (Å²) >= 11 is 0. The van der Waals surface area contributed by atoms with Crippen molar-refractivity contribution in [2.45, 2.75) is 32.2 Å². The lowest BCUT2D eigenvalue weighted by atomic mass is 10.0. The average molecular weight is 199 g/mol. The van der Waals surface area contributed by atoms with Gasteiger partial charge in [0.1, 0.15) is 0 Å². The number of nitrogens with one attached hydrogen (secondary N) is 1. The van der Waals surface area contributed by atoms with Crippen LogP contribution in [0.15, 0.2) is 0 Å². The summed E-state index contributed by atoms with van der Waals surface area (Å²) in [7, 11) is 2.20. The Balaban J connectivity index is 1.99. The second-order valence-corrected chi connectivity index (χ2v) is 5.37. The third kappa shape index (κ3) is 4.94. The van der Waals surface area contributed by atoms with Gasteiger partial charge in [-0.25, -0.2) is 0 Å². The lowest BCUT2D eigenvalue weighted by molar-refractivity contribution is 0.380. The molecule has 0 saturated carbocycles. The molecule has 3 nitrogen and oxygen atoms in total. The molecule has 1 rings (SSSR count). The van der Waals surface area contributed by atoms with Crippen molar-refractivity contribution in [2.24, 2.45) is 11.7 Å². The second kappa shape index (κ2) is 5.10. The van der Waals surface area contributed by atoms with Crippen LogP contribution in [-0.2, 0) is 0 Å². The van der Waals surface area contributed by atoms with Crippen molar-refractivity contribution in [1.82, 2.24) is 10.2 Å². The summed E-state index contributed by atoms with van der Waals surface area (Å²) in [6.45, 7) is 8.68. The molecule has 1 aliphatic heterocycles. The maximum atomic E-state index is 5.88. The lowest BCUT2D eigenvalue weighted by Crippen LogP contribution is -2.43. The van der Waals surface area contributed by atoms with Crippen LogP contribution in [0.3, 0.4) is 0 Å². The van der Waals surface area contributed by atoms with Gasteiger partial charge in [0.2, 0.25) is 0 Å². The number of nitrogens with two attached hydrogens (primary N) is 1. The summed E-state index contributed by atoms with van der Waals surface area (Å²) in [6, 6.07) is 0. The van der Waals surface area contributed by atoms with Crippen molar-refractivity contribution in [3.8, 4) is 0 Å². The van der Waals surface area contributed by atoms with E-state index in [0.717, 1.165) is 19.0 Å². The van der Waals surface area contributed by atoms with Crippen LogP contribution in [0.1, 0.15) is 26.7 Å². The SMILES string of the molecule is CN1CCC(CCNCC(C)(C)N)C1. The van der Waals surface area contributed by atoms with Crippen molar-refractivity contribution in [3.05, 3.63) is 0 Å². The molecule has 0 bridgehead atoms. The third-order valence-electron chi connectivity index (χ3n) is 2.80. The normalized spacial score (nSPS) is 24.4. The fraction of sp³-hybridized carbons (Fsp3) is 1.00. The van der Waals surface area contributed by atoms with Crippen molar-refractivity contribution >= 4 is 0 Å². The summed E-state index contributed by atoms with van der Waals surface area (Å²) in [5, 5.41) is 3.42. The Morgan fingerprint density at radius 2 is 2.21 bits per heavy atom. The molecule has 1 unspecified atom stereocenters. The van der Waals surface area contributed by atoms with E-state index in [-0.39, 0.29) is 5.54 Å². The summed E-state index contributed by atoms with van der Waals surface area (Å²) in [5.74, 6) is 0.897. The molecular formula is C11H25N3. The predicted molar refractivity (Wildman–Crippen MR) is 61.4 cm³/mol. The van der Waals surface area contributed by atoms with Crippen LogP contribution >= 0.6 is 0 Å². The van der Waals surface area contributed by atoms with E-state index in [1.165, 1.54) is 25.9 Å². The molecule has 0 aromatic rings. The average Bonchev–Trinajstić information content (AvgIpc) is 2.44. The van der Waals surface area contributed by atoms with Crippen LogP contribution in [0.4, 0.5) is 0 Å². The molecule has 3 heteroatoms. The summed E-state index contributed by atoms with van der Waals surface area (Å²) in [5.41, 5.74) is 5.80. The highest BCUT2D eigenvalue weighted by Gasteiger charge is 2.18. The molecule has 0 radical (unpaired) electrons. The number of hydrogen-bond donors (Lipinski definition) is 2. The van der Waals surface area contributed by atoms with Gasteiger partial charge in [-0.3, -0.25) is 0 Å². The van der Waals surface area contributed by atoms with E-state index in [9.17, 15) is 0 Å². The van der Waals surface area contributed by atoms with Gasteiger partial charge in [-0.1, -0.05) is 0 Å². The Kier molecular flexibility index (Phi) is 4.35. The Morgan fingerprint density at radius 1 is 1.50 bits per heavy atom. The van der Waals surface area contributed by atoms with E-state index in [0.29, 0.717) is 0 Å². The minimum absolute atomic E-state index is 0.0769. The molecule has 84 valence electrons. The molecule has 0 aromatic heterocycles. The van der Waals surface area contributed by atoms with Gasteiger partial charge in [0.15, 0.2) is 0 Å². The number of nitrogens with zero attached hydrogens (tertiary/aromatic N) is 1. The highest BCUT2D eigenvalue weighted by Crippen LogP contribution is 2.16. The van der Waals surface area contributed by atoms with Gasteiger partial charge in [-0.05, 0) is 52.7 Å². The number of rotatable bonds is 5. The molecule has 1 saturated heterocycles. The fourth-order valence-corrected chi connectivity index (χ4v) is 1.98. The van der Waals surface area contributed by atoms with E-state index < -0.39 is 0 Å². The minimum atomic E-state index is -0.0769. The summed E-state index contributed by atoms with van der Waals surface area (Å²) in [4.78, 5) is 2.41. The summed E-state index contributed by atoms with van der Waals surface area (Å²) in [6.07, 6.45) is 2.66. The van der Waals surface area contributed by atoms with Crippen LogP contribution < -0.4 is 11.1 Å². The molecule has 0 aliphatic carbocycles. The van der Waals surface area contributed by atoms with Gasteiger partial charge in [0.25, 0.3) is 0 Å². The van der Waals surface area contributed by atoms with E-state index >= 15 is 0 Å². The van der Waals surface area contributed by atoms with E-state index in [1.54, 1.807) is 0 Å². The second-order valence-electron chi connectivity index (χ2n) is 5.37. The van der Waals surface area contributed by atoms with Gasteiger partial charge in [-0.2, -0.15) is 0 Å². The highest BCUT2D eigenvalue weighted by atomic mass is 15.1. The smallest absolute Gasteiger partial charge is 0.0223 e. The Morgan fingerprint density at radius 3 is 2.71 bits per heavy atom. The van der Waals surface area contributed by atoms with Crippen molar-refractivity contribution in [1.29, 1.82) is 0 Å². The Bertz CT molecular complexity index is 162. The zero-order valence-electron chi connectivity index (χ0n) is 9.84. The lowest BCUT2D eigenvalue weighted by Gasteiger charge is -2.19. The number of hydrogen-bond acceptors (Lipinski definition) is 3. The van der Waals surface area contributed by atoms with Crippen LogP contribution in [0.25, 0.3) is 0 Å². The molecule has 1 fully saturated rings. The van der Waals surface area contributed by atoms with Gasteiger partial charge >= 0.3 is 0 Å². The minimum Gasteiger partial charge on any atom is -0.324 e. The molecule has 0 aromatic carbocycles. The van der Waals surface area contributed by atoms with Gasteiger partial charge in [0, 0.05) is 18.6 Å². The third-order valence-corrected chi connectivity index (χ3v) is 2.80. The van der Waals surface area contributed by atoms with E-state index in [4.69, 9.17) is 5.73 Å². The molecule has 0 spiro atoms. The highest BCUT2D eigenvalue weighted by molar-refractivity contribution is 4.77. The van der Waals surface area contributed by atoms with Crippen LogP contribution in [0.5, 0.6) is 0 Å². The van der Waals surface area contributed by atoms with E-state index in [1.807, 2.05) is 0 Å². The zero-order valence-corrected chi connectivity index (χ0v) is 9.84. The fourth-order valence-electron chi connectivity index (χ4n) is 1.98. The molecule has 3 N–H and O–H groups in total. The molecule has 14 heavy (non-hydrogen) atoms. The maximum Gasteiger partial charge on any atom is 0.0223 e. The van der Waals surface area contributed by atoms with E-state index in [2.05, 4.69) is 31.1 Å². The van der Waals surface area contributed by atoms with Crippen molar-refractivity contribution < 1.29 is 0 Å². The van der Waals surface area contributed by atoms with Crippen molar-refractivity contribution in [2.75, 3.05) is 33.2 Å². The molecule has 1 atom stereocenters. The Hall–Kier alpha value is -0.120. The summed E-state index contributed by atoms with van der Waals surface area (Å²) < 4.78 is 0. The molecular weight excluding hydrogens is 174 g/mol. The standard InChI is InChI=1S/C11H25N3/c1-11(2,12)9-13-6-4-10-5-7-14(3)8-10/h10,13H,4-9,12H2,1-3H3. The van der Waals surface area contributed by atoms with Gasteiger partial charge in [-0.15, -0.1) is 0 Å².